The van der Waals surface area contributed by atoms with Gasteiger partial charge in [0, 0.05) is 11.8 Å². The van der Waals surface area contributed by atoms with E-state index in [1.165, 1.54) is 0 Å². The number of benzene rings is 1. The summed E-state index contributed by atoms with van der Waals surface area (Å²) in [6.45, 7) is 8.00. The van der Waals surface area contributed by atoms with Crippen LogP contribution >= 0.6 is 15.9 Å². The maximum absolute atomic E-state index is 4.55. The highest BCUT2D eigenvalue weighted by Gasteiger charge is 2.10. The first-order chi connectivity index (χ1) is 9.86. The van der Waals surface area contributed by atoms with E-state index in [0.29, 0.717) is 0 Å². The Morgan fingerprint density at radius 2 is 1.45 bits per heavy atom. The van der Waals surface area contributed by atoms with Crippen molar-refractivity contribution in [3.8, 4) is 11.3 Å². The number of pyridine rings is 1. The summed E-state index contributed by atoms with van der Waals surface area (Å²) < 4.78 is 2.92. The lowest BCUT2D eigenvalue weighted by Crippen LogP contribution is -1.84. The Balaban J connectivity index is 0.000000461. The molecule has 3 aromatic rings. The predicted molar refractivity (Wildman–Crippen MR) is 91.0 cm³/mol. The number of halogens is 1. The van der Waals surface area contributed by atoms with E-state index < -0.39 is 0 Å². The van der Waals surface area contributed by atoms with E-state index in [1.807, 2.05) is 74.8 Å². The van der Waals surface area contributed by atoms with Gasteiger partial charge in [0.2, 0.25) is 0 Å². The molecule has 0 spiro atoms. The summed E-state index contributed by atoms with van der Waals surface area (Å²) in [4.78, 5) is 0. The molecule has 0 N–H and O–H groups in total. The molecule has 106 valence electrons. The van der Waals surface area contributed by atoms with Gasteiger partial charge in [0.1, 0.15) is 5.69 Å². The Hall–Kier alpha value is -1.61. The smallest absolute Gasteiger partial charge is 0.108 e. The van der Waals surface area contributed by atoms with Crippen molar-refractivity contribution in [2.45, 2.75) is 27.7 Å². The van der Waals surface area contributed by atoms with Crippen molar-refractivity contribution in [1.82, 2.24) is 9.61 Å². The van der Waals surface area contributed by atoms with Crippen molar-refractivity contribution >= 4 is 21.4 Å². The highest BCUT2D eigenvalue weighted by molar-refractivity contribution is 9.10. The number of rotatable bonds is 1. The third-order valence-electron chi connectivity index (χ3n) is 2.53. The Kier molecular flexibility index (Phi) is 7.02. The SMILES string of the molecule is Brc1c(-c2ccccc2)nn2ccccc12.CC.CC. The van der Waals surface area contributed by atoms with E-state index in [-0.39, 0.29) is 0 Å². The van der Waals surface area contributed by atoms with Gasteiger partial charge in [-0.2, -0.15) is 5.10 Å². The average Bonchev–Trinajstić information content (AvgIpc) is 2.90. The number of nitrogens with zero attached hydrogens (tertiary/aromatic N) is 2. The number of hydrogen-bond acceptors (Lipinski definition) is 1. The molecular weight excluding hydrogens is 312 g/mol. The zero-order valence-corrected chi connectivity index (χ0v) is 14.1. The van der Waals surface area contributed by atoms with Gasteiger partial charge in [-0.05, 0) is 28.1 Å². The van der Waals surface area contributed by atoms with Crippen LogP contribution in [0.15, 0.2) is 59.2 Å². The Morgan fingerprint density at radius 3 is 2.05 bits per heavy atom. The van der Waals surface area contributed by atoms with Crippen molar-refractivity contribution in [1.29, 1.82) is 0 Å². The fourth-order valence-electron chi connectivity index (χ4n) is 1.75. The first-order valence-corrected chi connectivity index (χ1v) is 7.84. The summed E-state index contributed by atoms with van der Waals surface area (Å²) in [5, 5.41) is 4.55. The Bertz CT molecular complexity index is 630. The molecule has 2 nitrogen and oxygen atoms in total. The molecule has 3 heteroatoms. The molecule has 0 aliphatic rings. The number of aromatic nitrogens is 2. The first kappa shape index (κ1) is 16.4. The van der Waals surface area contributed by atoms with Gasteiger partial charge in [-0.25, -0.2) is 4.52 Å². The van der Waals surface area contributed by atoms with E-state index in [1.54, 1.807) is 0 Å². The van der Waals surface area contributed by atoms with Gasteiger partial charge in [0.15, 0.2) is 0 Å². The fraction of sp³-hybridized carbons (Fsp3) is 0.235. The summed E-state index contributed by atoms with van der Waals surface area (Å²) in [5.74, 6) is 0. The highest BCUT2D eigenvalue weighted by Crippen LogP contribution is 2.30. The van der Waals surface area contributed by atoms with E-state index in [2.05, 4.69) is 33.2 Å². The van der Waals surface area contributed by atoms with Gasteiger partial charge in [0.05, 0.1) is 9.99 Å². The molecule has 0 atom stereocenters. The lowest BCUT2D eigenvalue weighted by Gasteiger charge is -1.95. The van der Waals surface area contributed by atoms with E-state index in [9.17, 15) is 0 Å². The van der Waals surface area contributed by atoms with Crippen LogP contribution in [0.3, 0.4) is 0 Å². The van der Waals surface area contributed by atoms with Crippen molar-refractivity contribution in [3.63, 3.8) is 0 Å². The molecule has 3 rings (SSSR count). The summed E-state index contributed by atoms with van der Waals surface area (Å²) >= 11 is 3.61. The molecule has 0 saturated carbocycles. The third kappa shape index (κ3) is 3.48. The van der Waals surface area contributed by atoms with Crippen molar-refractivity contribution in [2.24, 2.45) is 0 Å². The molecule has 0 saturated heterocycles. The van der Waals surface area contributed by atoms with Crippen LogP contribution in [0.5, 0.6) is 0 Å². The highest BCUT2D eigenvalue weighted by atomic mass is 79.9. The third-order valence-corrected chi connectivity index (χ3v) is 3.31. The second-order valence-electron chi connectivity index (χ2n) is 3.56. The summed E-state index contributed by atoms with van der Waals surface area (Å²) in [7, 11) is 0. The van der Waals surface area contributed by atoms with Crippen molar-refractivity contribution in [3.05, 3.63) is 59.2 Å². The molecule has 0 aliphatic carbocycles. The van der Waals surface area contributed by atoms with Crippen LogP contribution in [0.4, 0.5) is 0 Å². The minimum atomic E-state index is 0.979. The lowest BCUT2D eigenvalue weighted by molar-refractivity contribution is 0.966. The van der Waals surface area contributed by atoms with Gasteiger partial charge in [0.25, 0.3) is 0 Å². The average molecular weight is 333 g/mol. The minimum Gasteiger partial charge on any atom is -0.239 e. The van der Waals surface area contributed by atoms with E-state index >= 15 is 0 Å². The summed E-state index contributed by atoms with van der Waals surface area (Å²) in [6.07, 6.45) is 1.95. The molecule has 0 radical (unpaired) electrons. The van der Waals surface area contributed by atoms with Gasteiger partial charge in [-0.15, -0.1) is 0 Å². The van der Waals surface area contributed by atoms with Crippen LogP contribution in [0.2, 0.25) is 0 Å². The Labute approximate surface area is 129 Å². The largest absolute Gasteiger partial charge is 0.239 e. The molecule has 0 unspecified atom stereocenters. The monoisotopic (exact) mass is 332 g/mol. The lowest BCUT2D eigenvalue weighted by atomic mass is 10.1. The Morgan fingerprint density at radius 1 is 0.850 bits per heavy atom. The van der Waals surface area contributed by atoms with E-state index in [0.717, 1.165) is 21.2 Å². The molecule has 20 heavy (non-hydrogen) atoms. The normalized spacial score (nSPS) is 9.25. The van der Waals surface area contributed by atoms with Crippen molar-refractivity contribution < 1.29 is 0 Å². The number of fused-ring (bicyclic) bond motifs is 1. The van der Waals surface area contributed by atoms with Crippen LogP contribution in [0.25, 0.3) is 16.8 Å². The predicted octanol–water partition coefficient (Wildman–Crippen LogP) is 5.82. The molecule has 0 aliphatic heterocycles. The zero-order chi connectivity index (χ0) is 15.0. The maximum Gasteiger partial charge on any atom is 0.108 e. The second-order valence-corrected chi connectivity index (χ2v) is 4.35. The fourth-order valence-corrected chi connectivity index (χ4v) is 2.37. The van der Waals surface area contributed by atoms with Crippen molar-refractivity contribution in [2.75, 3.05) is 0 Å². The van der Waals surface area contributed by atoms with Gasteiger partial charge >= 0.3 is 0 Å². The van der Waals surface area contributed by atoms with Crippen LogP contribution in [0.1, 0.15) is 27.7 Å². The van der Waals surface area contributed by atoms with Gasteiger partial charge in [-0.1, -0.05) is 64.1 Å². The van der Waals surface area contributed by atoms with Crippen LogP contribution < -0.4 is 0 Å². The zero-order valence-electron chi connectivity index (χ0n) is 12.5. The van der Waals surface area contributed by atoms with Gasteiger partial charge < -0.3 is 0 Å². The summed E-state index contributed by atoms with van der Waals surface area (Å²) in [6, 6.07) is 16.2. The van der Waals surface area contributed by atoms with E-state index in [4.69, 9.17) is 0 Å². The van der Waals surface area contributed by atoms with Gasteiger partial charge in [-0.3, -0.25) is 0 Å². The second kappa shape index (κ2) is 8.54. The first-order valence-electron chi connectivity index (χ1n) is 7.04. The molecule has 0 fully saturated rings. The topological polar surface area (TPSA) is 17.3 Å². The molecule has 0 amide bonds. The molecule has 1 aromatic carbocycles. The molecular formula is C17H21BrN2. The quantitative estimate of drug-likeness (QED) is 0.549. The maximum atomic E-state index is 4.55. The van der Waals surface area contributed by atoms with Crippen LogP contribution in [-0.4, -0.2) is 9.61 Å². The number of hydrogen-bond donors (Lipinski definition) is 0. The molecule has 2 heterocycles. The van der Waals surface area contributed by atoms with Crippen LogP contribution in [-0.2, 0) is 0 Å². The standard InChI is InChI=1S/C13H9BrN2.2C2H6/c14-12-11-8-4-5-9-16(11)15-13(12)10-6-2-1-3-7-10;2*1-2/h1-9H;2*1-2H3. The summed E-state index contributed by atoms with van der Waals surface area (Å²) in [5.41, 5.74) is 3.19. The minimum absolute atomic E-state index is 0.979. The molecule has 0 bridgehead atoms. The molecule has 2 aromatic heterocycles. The van der Waals surface area contributed by atoms with Crippen LogP contribution in [0, 0.1) is 0 Å².